The molecule has 0 aliphatic rings. The molecular weight excluding hydrogens is 549 g/mol. The summed E-state index contributed by atoms with van der Waals surface area (Å²) in [6.45, 7) is 4.65. The zero-order valence-corrected chi connectivity index (χ0v) is 23.8. The number of nitrogens with zero attached hydrogens (tertiary/aromatic N) is 2. The Hall–Kier alpha value is -2.20. The van der Waals surface area contributed by atoms with E-state index in [-0.39, 0.29) is 41.4 Å². The molecule has 36 heavy (non-hydrogen) atoms. The van der Waals surface area contributed by atoms with Gasteiger partial charge in [-0.15, -0.1) is 0 Å². The lowest BCUT2D eigenvalue weighted by atomic mass is 10.1. The molecule has 0 aliphatic heterocycles. The minimum atomic E-state index is -3.96. The Morgan fingerprint density at radius 2 is 1.69 bits per heavy atom. The summed E-state index contributed by atoms with van der Waals surface area (Å²) in [6.07, 6.45) is 1.24. The third-order valence-electron chi connectivity index (χ3n) is 5.30. The van der Waals surface area contributed by atoms with Crippen molar-refractivity contribution in [3.63, 3.8) is 0 Å². The number of rotatable bonds is 11. The summed E-state index contributed by atoms with van der Waals surface area (Å²) >= 11 is 18.8. The summed E-state index contributed by atoms with van der Waals surface area (Å²) in [4.78, 5) is 28.1. The second kappa shape index (κ2) is 12.9. The monoisotopic (exact) mass is 577 g/mol. The highest BCUT2D eigenvalue weighted by Crippen LogP contribution is 2.33. The molecule has 0 aliphatic carbocycles. The van der Waals surface area contributed by atoms with Crippen molar-refractivity contribution in [1.29, 1.82) is 0 Å². The normalized spacial score (nSPS) is 12.2. The number of halogens is 3. The average Bonchev–Trinajstić information content (AvgIpc) is 2.77. The number of benzene rings is 2. The number of anilines is 1. The molecule has 0 saturated heterocycles. The highest BCUT2D eigenvalue weighted by atomic mass is 35.5. The first-order valence-electron chi connectivity index (χ1n) is 11.1. The van der Waals surface area contributed by atoms with E-state index in [2.05, 4.69) is 5.32 Å². The van der Waals surface area contributed by atoms with Crippen molar-refractivity contribution in [3.05, 3.63) is 57.0 Å². The van der Waals surface area contributed by atoms with Gasteiger partial charge in [-0.3, -0.25) is 13.9 Å². The molecule has 0 aromatic heterocycles. The van der Waals surface area contributed by atoms with Crippen LogP contribution in [-0.4, -0.2) is 57.1 Å². The Morgan fingerprint density at radius 1 is 1.08 bits per heavy atom. The van der Waals surface area contributed by atoms with Crippen molar-refractivity contribution in [2.75, 3.05) is 24.2 Å². The van der Waals surface area contributed by atoms with Crippen molar-refractivity contribution < 1.29 is 22.7 Å². The lowest BCUT2D eigenvalue weighted by Crippen LogP contribution is -2.53. The number of ether oxygens (including phenoxy) is 1. The number of carbonyl (C=O) groups excluding carboxylic acids is 2. The van der Waals surface area contributed by atoms with Crippen LogP contribution in [0.15, 0.2) is 36.4 Å². The van der Waals surface area contributed by atoms with Crippen LogP contribution in [0.3, 0.4) is 0 Å². The van der Waals surface area contributed by atoms with Gasteiger partial charge < -0.3 is 15.0 Å². The molecule has 0 radical (unpaired) electrons. The molecule has 1 N–H and O–H groups in total. The summed E-state index contributed by atoms with van der Waals surface area (Å²) in [6, 6.07) is 8.28. The van der Waals surface area contributed by atoms with Crippen molar-refractivity contribution in [2.24, 2.45) is 0 Å². The number of nitrogens with one attached hydrogen (secondary N) is 1. The predicted molar refractivity (Wildman–Crippen MR) is 145 cm³/mol. The van der Waals surface area contributed by atoms with Crippen LogP contribution >= 0.6 is 34.8 Å². The summed E-state index contributed by atoms with van der Waals surface area (Å²) < 4.78 is 31.8. The Morgan fingerprint density at radius 3 is 2.19 bits per heavy atom. The van der Waals surface area contributed by atoms with E-state index in [4.69, 9.17) is 39.5 Å². The molecule has 198 valence electrons. The summed E-state index contributed by atoms with van der Waals surface area (Å²) in [5, 5.41) is 3.71. The molecule has 0 saturated carbocycles. The third kappa shape index (κ3) is 7.65. The van der Waals surface area contributed by atoms with Crippen molar-refractivity contribution in [1.82, 2.24) is 10.2 Å². The molecule has 8 nitrogen and oxygen atoms in total. The highest BCUT2D eigenvalue weighted by molar-refractivity contribution is 7.92. The predicted octanol–water partition coefficient (Wildman–Crippen LogP) is 4.75. The summed E-state index contributed by atoms with van der Waals surface area (Å²) in [5.41, 5.74) is 0.535. The van der Waals surface area contributed by atoms with Gasteiger partial charge in [0.2, 0.25) is 21.8 Å². The Labute approximate surface area is 227 Å². The molecule has 2 aromatic rings. The first-order chi connectivity index (χ1) is 16.8. The summed E-state index contributed by atoms with van der Waals surface area (Å²) in [7, 11) is -2.58. The molecule has 2 amide bonds. The van der Waals surface area contributed by atoms with Gasteiger partial charge in [-0.1, -0.05) is 47.8 Å². The second-order valence-electron chi connectivity index (χ2n) is 8.39. The topological polar surface area (TPSA) is 96.0 Å². The fourth-order valence-electron chi connectivity index (χ4n) is 3.61. The van der Waals surface area contributed by atoms with Crippen LogP contribution in [-0.2, 0) is 26.2 Å². The van der Waals surface area contributed by atoms with Gasteiger partial charge in [0.1, 0.15) is 18.3 Å². The molecule has 12 heteroatoms. The fourth-order valence-corrected chi connectivity index (χ4v) is 5.13. The number of hydrogen-bond donors (Lipinski definition) is 1. The zero-order valence-electron chi connectivity index (χ0n) is 20.7. The first-order valence-corrected chi connectivity index (χ1v) is 14.1. The van der Waals surface area contributed by atoms with Gasteiger partial charge in [0.25, 0.3) is 0 Å². The van der Waals surface area contributed by atoms with Crippen LogP contribution in [0.5, 0.6) is 5.75 Å². The van der Waals surface area contributed by atoms with E-state index in [1.54, 1.807) is 45.0 Å². The molecule has 2 aromatic carbocycles. The SMILES string of the molecule is CCC(C(=O)NC(C)C)N(Cc1c(Cl)cccc1Cl)C(=O)CN(c1cc(Cl)ccc1OC)S(C)(=O)=O. The lowest BCUT2D eigenvalue weighted by molar-refractivity contribution is -0.140. The van der Waals surface area contributed by atoms with Crippen LogP contribution in [0.4, 0.5) is 5.69 Å². The average molecular weight is 579 g/mol. The number of hydrogen-bond acceptors (Lipinski definition) is 5. The molecule has 1 atom stereocenters. The Balaban J connectivity index is 2.57. The maximum Gasteiger partial charge on any atom is 0.244 e. The zero-order chi connectivity index (χ0) is 27.2. The van der Waals surface area contributed by atoms with Gasteiger partial charge in [-0.2, -0.15) is 0 Å². The van der Waals surface area contributed by atoms with Gasteiger partial charge in [-0.05, 0) is 50.6 Å². The second-order valence-corrected chi connectivity index (χ2v) is 11.6. The van der Waals surface area contributed by atoms with Crippen molar-refractivity contribution in [3.8, 4) is 5.75 Å². The first kappa shape index (κ1) is 30.0. The van der Waals surface area contributed by atoms with E-state index in [0.29, 0.717) is 15.6 Å². The number of methoxy groups -OCH3 is 1. The Kier molecular flexibility index (Phi) is 10.7. The smallest absolute Gasteiger partial charge is 0.244 e. The van der Waals surface area contributed by atoms with E-state index in [0.717, 1.165) is 10.6 Å². The third-order valence-corrected chi connectivity index (χ3v) is 7.37. The quantitative estimate of drug-likeness (QED) is 0.415. The summed E-state index contributed by atoms with van der Waals surface area (Å²) in [5.74, 6) is -0.803. The number of carbonyl (C=O) groups is 2. The van der Waals surface area contributed by atoms with Crippen LogP contribution in [0, 0.1) is 0 Å². The van der Waals surface area contributed by atoms with Crippen molar-refractivity contribution >= 4 is 62.3 Å². The van der Waals surface area contributed by atoms with Gasteiger partial charge >= 0.3 is 0 Å². The van der Waals surface area contributed by atoms with Crippen LogP contribution in [0.1, 0.15) is 32.8 Å². The number of sulfonamides is 1. The van der Waals surface area contributed by atoms with Crippen LogP contribution in [0.2, 0.25) is 15.1 Å². The van der Waals surface area contributed by atoms with Gasteiger partial charge in [0.15, 0.2) is 0 Å². The maximum atomic E-state index is 13.8. The standard InChI is InChI=1S/C24H30Cl3N3O5S/c1-6-20(24(32)28-15(2)3)29(13-17-18(26)8-7-9-19(17)27)23(31)14-30(36(5,33)34)21-12-16(25)10-11-22(21)35-4/h7-12,15,20H,6,13-14H2,1-5H3,(H,28,32). The van der Waals surface area contributed by atoms with E-state index in [1.807, 2.05) is 0 Å². The largest absolute Gasteiger partial charge is 0.495 e. The van der Waals surface area contributed by atoms with E-state index in [9.17, 15) is 18.0 Å². The molecule has 0 fully saturated rings. The van der Waals surface area contributed by atoms with Crippen molar-refractivity contribution in [2.45, 2.75) is 45.8 Å². The highest BCUT2D eigenvalue weighted by Gasteiger charge is 2.33. The number of amides is 2. The van der Waals surface area contributed by atoms with Gasteiger partial charge in [-0.25, -0.2) is 8.42 Å². The minimum Gasteiger partial charge on any atom is -0.495 e. The fraction of sp³-hybridized carbons (Fsp3) is 0.417. The molecular formula is C24H30Cl3N3O5S. The van der Waals surface area contributed by atoms with Crippen LogP contribution in [0.25, 0.3) is 0 Å². The Bertz CT molecular complexity index is 1190. The minimum absolute atomic E-state index is 0.0938. The molecule has 1 unspecified atom stereocenters. The lowest BCUT2D eigenvalue weighted by Gasteiger charge is -2.33. The molecule has 0 spiro atoms. The molecule has 0 bridgehead atoms. The molecule has 2 rings (SSSR count). The van der Waals surface area contributed by atoms with E-state index >= 15 is 0 Å². The van der Waals surface area contributed by atoms with E-state index in [1.165, 1.54) is 24.1 Å². The van der Waals surface area contributed by atoms with Gasteiger partial charge in [0.05, 0.1) is 19.1 Å². The van der Waals surface area contributed by atoms with E-state index < -0.39 is 28.5 Å². The van der Waals surface area contributed by atoms with Gasteiger partial charge in [0, 0.05) is 33.2 Å². The molecule has 0 heterocycles. The van der Waals surface area contributed by atoms with Crippen LogP contribution < -0.4 is 14.4 Å². The maximum absolute atomic E-state index is 13.8.